The van der Waals surface area contributed by atoms with Gasteiger partial charge < -0.3 is 19.3 Å². The van der Waals surface area contributed by atoms with Gasteiger partial charge in [0.25, 0.3) is 0 Å². The van der Waals surface area contributed by atoms with Gasteiger partial charge in [-0.2, -0.15) is 0 Å². The van der Waals surface area contributed by atoms with Crippen molar-refractivity contribution < 1.29 is 19.3 Å². The Kier molecular flexibility index (Phi) is 8.61. The van der Waals surface area contributed by atoms with Gasteiger partial charge in [0.2, 0.25) is 0 Å². The lowest BCUT2D eigenvalue weighted by molar-refractivity contribution is 0.0612. The summed E-state index contributed by atoms with van der Waals surface area (Å²) >= 11 is 0. The van der Waals surface area contributed by atoms with Gasteiger partial charge in [-0.05, 0) is 42.2 Å². The molecule has 0 aliphatic carbocycles. The fourth-order valence-electron chi connectivity index (χ4n) is 3.21. The van der Waals surface area contributed by atoms with Gasteiger partial charge in [0.15, 0.2) is 11.5 Å². The standard InChI is InChI=1S/C23H33NO4/c1-17(2)13-24(14-19-10-11-22(26-4)23(12-19)27-5)15-20(25)16-28-21-9-7-6-8-18(21)3/h6-12,17,20,25H,13-16H2,1-5H3/t20-/m1/s1. The number of aryl methyl sites for hydroxylation is 1. The van der Waals surface area contributed by atoms with E-state index in [4.69, 9.17) is 14.2 Å². The predicted molar refractivity (Wildman–Crippen MR) is 112 cm³/mol. The van der Waals surface area contributed by atoms with Crippen LogP contribution in [0.5, 0.6) is 17.2 Å². The van der Waals surface area contributed by atoms with Crippen molar-refractivity contribution in [3.05, 3.63) is 53.6 Å². The maximum Gasteiger partial charge on any atom is 0.161 e. The van der Waals surface area contributed by atoms with Crippen molar-refractivity contribution in [3.8, 4) is 17.2 Å². The third kappa shape index (κ3) is 6.73. The first-order valence-corrected chi connectivity index (χ1v) is 9.72. The molecular weight excluding hydrogens is 354 g/mol. The summed E-state index contributed by atoms with van der Waals surface area (Å²) in [6.45, 7) is 8.78. The molecule has 1 N–H and O–H groups in total. The van der Waals surface area contributed by atoms with Gasteiger partial charge in [-0.15, -0.1) is 0 Å². The number of ether oxygens (including phenoxy) is 3. The van der Waals surface area contributed by atoms with Crippen LogP contribution < -0.4 is 14.2 Å². The highest BCUT2D eigenvalue weighted by atomic mass is 16.5. The van der Waals surface area contributed by atoms with Gasteiger partial charge in [0.05, 0.1) is 14.2 Å². The molecule has 0 amide bonds. The zero-order valence-electron chi connectivity index (χ0n) is 17.6. The Morgan fingerprint density at radius 3 is 2.29 bits per heavy atom. The summed E-state index contributed by atoms with van der Waals surface area (Å²) in [6.07, 6.45) is -0.571. The molecule has 0 unspecified atom stereocenters. The Bertz CT molecular complexity index is 732. The van der Waals surface area contributed by atoms with Crippen molar-refractivity contribution in [2.75, 3.05) is 33.9 Å². The molecule has 2 aromatic carbocycles. The molecule has 1 atom stereocenters. The lowest BCUT2D eigenvalue weighted by Gasteiger charge is -2.27. The summed E-state index contributed by atoms with van der Waals surface area (Å²) in [6, 6.07) is 13.8. The van der Waals surface area contributed by atoms with E-state index in [0.29, 0.717) is 24.0 Å². The highest BCUT2D eigenvalue weighted by Crippen LogP contribution is 2.28. The monoisotopic (exact) mass is 387 g/mol. The SMILES string of the molecule is COc1ccc(CN(CC(C)C)C[C@@H](O)COc2ccccc2C)cc1OC. The van der Waals surface area contributed by atoms with E-state index in [2.05, 4.69) is 18.7 Å². The molecule has 0 spiro atoms. The Labute approximate surface area is 168 Å². The van der Waals surface area contributed by atoms with E-state index in [9.17, 15) is 5.11 Å². The van der Waals surface area contributed by atoms with Gasteiger partial charge in [-0.3, -0.25) is 4.90 Å². The molecule has 2 aromatic rings. The van der Waals surface area contributed by atoms with Crippen molar-refractivity contribution in [1.82, 2.24) is 4.90 Å². The zero-order chi connectivity index (χ0) is 20.5. The third-order valence-electron chi connectivity index (χ3n) is 4.47. The van der Waals surface area contributed by atoms with Gasteiger partial charge >= 0.3 is 0 Å². The normalized spacial score (nSPS) is 12.3. The number of benzene rings is 2. The summed E-state index contributed by atoms with van der Waals surface area (Å²) in [5.41, 5.74) is 2.18. The molecule has 0 fully saturated rings. The molecule has 154 valence electrons. The zero-order valence-corrected chi connectivity index (χ0v) is 17.6. The average molecular weight is 388 g/mol. The van der Waals surface area contributed by atoms with Crippen LogP contribution in [0.4, 0.5) is 0 Å². The topological polar surface area (TPSA) is 51.2 Å². The minimum atomic E-state index is -0.571. The fourth-order valence-corrected chi connectivity index (χ4v) is 3.21. The Balaban J connectivity index is 1.99. The quantitative estimate of drug-likeness (QED) is 0.634. The second-order valence-corrected chi connectivity index (χ2v) is 7.51. The molecule has 0 radical (unpaired) electrons. The number of aliphatic hydroxyl groups excluding tert-OH is 1. The summed E-state index contributed by atoms with van der Waals surface area (Å²) in [5, 5.41) is 10.5. The van der Waals surface area contributed by atoms with E-state index in [-0.39, 0.29) is 6.61 Å². The van der Waals surface area contributed by atoms with Crippen LogP contribution in [0.25, 0.3) is 0 Å². The van der Waals surface area contributed by atoms with Crippen molar-refractivity contribution in [3.63, 3.8) is 0 Å². The maximum atomic E-state index is 10.5. The molecule has 2 rings (SSSR count). The molecule has 5 heteroatoms. The first-order chi connectivity index (χ1) is 13.4. The van der Waals surface area contributed by atoms with E-state index >= 15 is 0 Å². The molecule has 5 nitrogen and oxygen atoms in total. The van der Waals surface area contributed by atoms with E-state index in [1.807, 2.05) is 49.4 Å². The number of hydrogen-bond donors (Lipinski definition) is 1. The van der Waals surface area contributed by atoms with Crippen LogP contribution in [0.1, 0.15) is 25.0 Å². The summed E-state index contributed by atoms with van der Waals surface area (Å²) < 4.78 is 16.5. The van der Waals surface area contributed by atoms with E-state index in [1.54, 1.807) is 14.2 Å². The van der Waals surface area contributed by atoms with Gasteiger partial charge in [0, 0.05) is 19.6 Å². The molecule has 0 aliphatic heterocycles. The number of rotatable bonds is 11. The van der Waals surface area contributed by atoms with E-state index in [0.717, 1.165) is 30.0 Å². The number of para-hydroxylation sites is 1. The predicted octanol–water partition coefficient (Wildman–Crippen LogP) is 3.91. The van der Waals surface area contributed by atoms with E-state index in [1.165, 1.54) is 0 Å². The molecule has 0 saturated heterocycles. The van der Waals surface area contributed by atoms with Crippen molar-refractivity contribution in [1.29, 1.82) is 0 Å². The molecule has 28 heavy (non-hydrogen) atoms. The van der Waals surface area contributed by atoms with Crippen molar-refractivity contribution in [2.24, 2.45) is 5.92 Å². The summed E-state index contributed by atoms with van der Waals surface area (Å²) in [4.78, 5) is 2.25. The number of nitrogens with zero attached hydrogens (tertiary/aromatic N) is 1. The Hall–Kier alpha value is -2.24. The van der Waals surface area contributed by atoms with Crippen LogP contribution in [0.2, 0.25) is 0 Å². The summed E-state index contributed by atoms with van der Waals surface area (Å²) in [5.74, 6) is 2.74. The Morgan fingerprint density at radius 1 is 0.929 bits per heavy atom. The molecular formula is C23H33NO4. The minimum Gasteiger partial charge on any atom is -0.493 e. The smallest absolute Gasteiger partial charge is 0.161 e. The van der Waals surface area contributed by atoms with Crippen LogP contribution in [0.3, 0.4) is 0 Å². The van der Waals surface area contributed by atoms with E-state index < -0.39 is 6.10 Å². The lowest BCUT2D eigenvalue weighted by atomic mass is 10.1. The lowest BCUT2D eigenvalue weighted by Crippen LogP contribution is -2.37. The maximum absolute atomic E-state index is 10.5. The number of aliphatic hydroxyl groups is 1. The summed E-state index contributed by atoms with van der Waals surface area (Å²) in [7, 11) is 3.27. The number of methoxy groups -OCH3 is 2. The molecule has 0 heterocycles. The minimum absolute atomic E-state index is 0.269. The second kappa shape index (κ2) is 10.9. The first kappa shape index (κ1) is 22.1. The van der Waals surface area contributed by atoms with Gasteiger partial charge in [-0.1, -0.05) is 38.1 Å². The number of hydrogen-bond acceptors (Lipinski definition) is 5. The second-order valence-electron chi connectivity index (χ2n) is 7.51. The highest BCUT2D eigenvalue weighted by Gasteiger charge is 2.16. The average Bonchev–Trinajstić information content (AvgIpc) is 2.66. The molecule has 0 aliphatic rings. The van der Waals surface area contributed by atoms with Crippen molar-refractivity contribution >= 4 is 0 Å². The molecule has 0 aromatic heterocycles. The third-order valence-corrected chi connectivity index (χ3v) is 4.47. The fraction of sp³-hybridized carbons (Fsp3) is 0.478. The van der Waals surface area contributed by atoms with Crippen LogP contribution in [-0.2, 0) is 6.54 Å². The molecule has 0 bridgehead atoms. The van der Waals surface area contributed by atoms with Crippen molar-refractivity contribution in [2.45, 2.75) is 33.4 Å². The van der Waals surface area contributed by atoms with Gasteiger partial charge in [0.1, 0.15) is 18.5 Å². The Morgan fingerprint density at radius 2 is 1.64 bits per heavy atom. The van der Waals surface area contributed by atoms with Crippen LogP contribution in [0, 0.1) is 12.8 Å². The molecule has 0 saturated carbocycles. The van der Waals surface area contributed by atoms with Crippen LogP contribution >= 0.6 is 0 Å². The first-order valence-electron chi connectivity index (χ1n) is 9.72. The highest BCUT2D eigenvalue weighted by molar-refractivity contribution is 5.42. The van der Waals surface area contributed by atoms with Crippen LogP contribution in [0.15, 0.2) is 42.5 Å². The largest absolute Gasteiger partial charge is 0.493 e. The van der Waals surface area contributed by atoms with Crippen LogP contribution in [-0.4, -0.2) is 50.0 Å². The van der Waals surface area contributed by atoms with Gasteiger partial charge in [-0.25, -0.2) is 0 Å².